The number of rotatable bonds is 2. The molecule has 0 radical (unpaired) electrons. The lowest BCUT2D eigenvalue weighted by atomic mass is 9.94. The number of nitrogens with zero attached hydrogens (tertiary/aromatic N) is 5. The molecule has 2 aromatic rings. The summed E-state index contributed by atoms with van der Waals surface area (Å²) in [7, 11) is 1.86. The predicted molar refractivity (Wildman–Crippen MR) is 112 cm³/mol. The smallest absolute Gasteiger partial charge is 0.254 e. The highest BCUT2D eigenvalue weighted by molar-refractivity contribution is 6.06. The van der Waals surface area contributed by atoms with Crippen molar-refractivity contribution in [3.05, 3.63) is 23.0 Å². The maximum atomic E-state index is 13.3. The molecule has 0 atom stereocenters. The molecule has 0 bridgehead atoms. The van der Waals surface area contributed by atoms with E-state index in [4.69, 9.17) is 0 Å². The summed E-state index contributed by atoms with van der Waals surface area (Å²) in [6.45, 7) is 6.88. The monoisotopic (exact) mass is 397 g/mol. The zero-order valence-electron chi connectivity index (χ0n) is 17.8. The summed E-state index contributed by atoms with van der Waals surface area (Å²) in [5.41, 5.74) is 3.06. The molecule has 2 saturated heterocycles. The van der Waals surface area contributed by atoms with Crippen LogP contribution in [0.25, 0.3) is 11.0 Å². The third-order valence-corrected chi connectivity index (χ3v) is 6.38. The molecule has 2 amide bonds. The summed E-state index contributed by atoms with van der Waals surface area (Å²) < 4.78 is 1.74. The average molecular weight is 398 g/mol. The molecule has 0 unspecified atom stereocenters. The van der Waals surface area contributed by atoms with Gasteiger partial charge in [-0.3, -0.25) is 14.3 Å². The first kappa shape index (κ1) is 19.9. The number of amides is 2. The Morgan fingerprint density at radius 1 is 0.966 bits per heavy atom. The van der Waals surface area contributed by atoms with E-state index in [1.165, 1.54) is 12.8 Å². The lowest BCUT2D eigenvalue weighted by Crippen LogP contribution is -2.44. The van der Waals surface area contributed by atoms with Crippen molar-refractivity contribution in [2.45, 2.75) is 52.4 Å². The topological polar surface area (TPSA) is 71.3 Å². The standard InChI is InChI=1S/C22H31N5O2/c1-15-14-18(19-16(2)24-25(3)20(19)23-15)22(29)27-12-8-17(9-13-27)21(28)26-10-6-4-5-7-11-26/h14,17H,4-13H2,1-3H3. The van der Waals surface area contributed by atoms with Crippen LogP contribution in [0, 0.1) is 19.8 Å². The minimum atomic E-state index is 0.0253. The number of hydrogen-bond donors (Lipinski definition) is 0. The molecule has 2 aliphatic rings. The lowest BCUT2D eigenvalue weighted by molar-refractivity contribution is -0.136. The second-order valence-electron chi connectivity index (χ2n) is 8.52. The van der Waals surface area contributed by atoms with Gasteiger partial charge in [-0.2, -0.15) is 5.10 Å². The molecule has 7 nitrogen and oxygen atoms in total. The molecule has 0 aromatic carbocycles. The SMILES string of the molecule is Cc1cc(C(=O)N2CCC(C(=O)N3CCCCCC3)CC2)c2c(C)nn(C)c2n1. The van der Waals surface area contributed by atoms with Crippen LogP contribution in [0.1, 0.15) is 60.3 Å². The van der Waals surface area contributed by atoms with E-state index in [2.05, 4.69) is 15.0 Å². The van der Waals surface area contributed by atoms with E-state index in [-0.39, 0.29) is 11.8 Å². The lowest BCUT2D eigenvalue weighted by Gasteiger charge is -2.34. The molecule has 0 N–H and O–H groups in total. The third-order valence-electron chi connectivity index (χ3n) is 6.38. The number of carbonyl (C=O) groups is 2. The number of fused-ring (bicyclic) bond motifs is 1. The van der Waals surface area contributed by atoms with Gasteiger partial charge in [-0.25, -0.2) is 4.98 Å². The molecule has 0 aliphatic carbocycles. The molecule has 4 rings (SSSR count). The van der Waals surface area contributed by atoms with Gasteiger partial charge in [0.05, 0.1) is 16.6 Å². The molecule has 156 valence electrons. The number of piperidine rings is 1. The number of hydrogen-bond acceptors (Lipinski definition) is 4. The molecule has 29 heavy (non-hydrogen) atoms. The van der Waals surface area contributed by atoms with Gasteiger partial charge in [-0.05, 0) is 45.6 Å². The van der Waals surface area contributed by atoms with Gasteiger partial charge >= 0.3 is 0 Å². The molecule has 0 saturated carbocycles. The number of carbonyl (C=O) groups excluding carboxylic acids is 2. The van der Waals surface area contributed by atoms with Crippen LogP contribution in [-0.2, 0) is 11.8 Å². The zero-order chi connectivity index (χ0) is 20.5. The fourth-order valence-electron chi connectivity index (χ4n) is 4.79. The minimum Gasteiger partial charge on any atom is -0.342 e. The molecule has 2 aromatic heterocycles. The van der Waals surface area contributed by atoms with Crippen LogP contribution in [-0.4, -0.2) is 62.6 Å². The minimum absolute atomic E-state index is 0.0253. The fourth-order valence-corrected chi connectivity index (χ4v) is 4.79. The van der Waals surface area contributed by atoms with Crippen LogP contribution < -0.4 is 0 Å². The van der Waals surface area contributed by atoms with E-state index in [0.717, 1.165) is 61.2 Å². The van der Waals surface area contributed by atoms with E-state index < -0.39 is 0 Å². The maximum Gasteiger partial charge on any atom is 0.254 e. The third kappa shape index (κ3) is 3.87. The Balaban J connectivity index is 1.47. The maximum absolute atomic E-state index is 13.3. The quantitative estimate of drug-likeness (QED) is 0.781. The number of pyridine rings is 1. The fraction of sp³-hybridized carbons (Fsp3) is 0.636. The predicted octanol–water partition coefficient (Wildman–Crippen LogP) is 2.84. The summed E-state index contributed by atoms with van der Waals surface area (Å²) in [4.78, 5) is 34.8. The summed E-state index contributed by atoms with van der Waals surface area (Å²) in [6.07, 6.45) is 6.19. The second-order valence-corrected chi connectivity index (χ2v) is 8.52. The van der Waals surface area contributed by atoms with Crippen LogP contribution in [0.4, 0.5) is 0 Å². The van der Waals surface area contributed by atoms with Crippen molar-refractivity contribution in [1.82, 2.24) is 24.6 Å². The van der Waals surface area contributed by atoms with Crippen LogP contribution in [0.2, 0.25) is 0 Å². The van der Waals surface area contributed by atoms with Gasteiger partial charge in [0.15, 0.2) is 5.65 Å². The van der Waals surface area contributed by atoms with E-state index in [1.807, 2.05) is 31.9 Å². The summed E-state index contributed by atoms with van der Waals surface area (Å²) >= 11 is 0. The molecule has 4 heterocycles. The molecular formula is C22H31N5O2. The Kier molecular flexibility index (Phi) is 5.56. The first-order valence-electron chi connectivity index (χ1n) is 10.8. The van der Waals surface area contributed by atoms with Gasteiger partial charge < -0.3 is 9.80 Å². The van der Waals surface area contributed by atoms with Crippen molar-refractivity contribution in [3.8, 4) is 0 Å². The van der Waals surface area contributed by atoms with Crippen LogP contribution in [0.3, 0.4) is 0 Å². The Morgan fingerprint density at radius 2 is 1.62 bits per heavy atom. The van der Waals surface area contributed by atoms with Gasteiger partial charge in [0.1, 0.15) is 0 Å². The highest BCUT2D eigenvalue weighted by Crippen LogP contribution is 2.26. The molecule has 7 heteroatoms. The summed E-state index contributed by atoms with van der Waals surface area (Å²) in [5.74, 6) is 0.373. The second kappa shape index (κ2) is 8.13. The normalized spacial score (nSPS) is 18.9. The van der Waals surface area contributed by atoms with E-state index in [0.29, 0.717) is 24.6 Å². The van der Waals surface area contributed by atoms with Gasteiger partial charge in [0.25, 0.3) is 5.91 Å². The Bertz CT molecular complexity index is 919. The molecule has 0 spiro atoms. The van der Waals surface area contributed by atoms with Gasteiger partial charge in [-0.15, -0.1) is 0 Å². The highest BCUT2D eigenvalue weighted by atomic mass is 16.2. The van der Waals surface area contributed by atoms with Crippen molar-refractivity contribution in [2.24, 2.45) is 13.0 Å². The van der Waals surface area contributed by atoms with Gasteiger partial charge in [-0.1, -0.05) is 12.8 Å². The van der Waals surface area contributed by atoms with E-state index in [1.54, 1.807) is 4.68 Å². The van der Waals surface area contributed by atoms with E-state index in [9.17, 15) is 9.59 Å². The number of aromatic nitrogens is 3. The summed E-state index contributed by atoms with van der Waals surface area (Å²) in [6, 6.07) is 1.87. The number of likely N-dealkylation sites (tertiary alicyclic amines) is 2. The zero-order valence-corrected chi connectivity index (χ0v) is 17.8. The van der Waals surface area contributed by atoms with Crippen LogP contribution >= 0.6 is 0 Å². The van der Waals surface area contributed by atoms with Crippen molar-refractivity contribution in [3.63, 3.8) is 0 Å². The van der Waals surface area contributed by atoms with Gasteiger partial charge in [0, 0.05) is 44.8 Å². The largest absolute Gasteiger partial charge is 0.342 e. The van der Waals surface area contributed by atoms with Gasteiger partial charge in [0.2, 0.25) is 5.91 Å². The number of aryl methyl sites for hydroxylation is 3. The first-order chi connectivity index (χ1) is 14.0. The van der Waals surface area contributed by atoms with Crippen molar-refractivity contribution >= 4 is 22.8 Å². The van der Waals surface area contributed by atoms with Crippen LogP contribution in [0.5, 0.6) is 0 Å². The molecule has 2 aliphatic heterocycles. The Labute approximate surface area is 172 Å². The van der Waals surface area contributed by atoms with Crippen molar-refractivity contribution in [1.29, 1.82) is 0 Å². The van der Waals surface area contributed by atoms with Crippen molar-refractivity contribution in [2.75, 3.05) is 26.2 Å². The van der Waals surface area contributed by atoms with E-state index >= 15 is 0 Å². The first-order valence-corrected chi connectivity index (χ1v) is 10.8. The summed E-state index contributed by atoms with van der Waals surface area (Å²) in [5, 5.41) is 5.29. The Hall–Kier alpha value is -2.44. The molecule has 2 fully saturated rings. The molecular weight excluding hydrogens is 366 g/mol. The Morgan fingerprint density at radius 3 is 2.28 bits per heavy atom. The van der Waals surface area contributed by atoms with Crippen molar-refractivity contribution < 1.29 is 9.59 Å². The van der Waals surface area contributed by atoms with Crippen LogP contribution in [0.15, 0.2) is 6.07 Å². The average Bonchev–Trinajstić information content (AvgIpc) is 2.91. The highest BCUT2D eigenvalue weighted by Gasteiger charge is 2.31.